The largest absolute Gasteiger partial charge is 0.393 e. The lowest BCUT2D eigenvalue weighted by Gasteiger charge is -2.38. The molecular formula is C22H25N3O3. The molecule has 0 saturated heterocycles. The Bertz CT molecular complexity index is 976. The number of benzene rings is 1. The molecule has 2 aromatic heterocycles. The van der Waals surface area contributed by atoms with Crippen molar-refractivity contribution in [2.45, 2.75) is 45.3 Å². The monoisotopic (exact) mass is 379 g/mol. The molecular weight excluding hydrogens is 354 g/mol. The molecule has 0 radical (unpaired) electrons. The third kappa shape index (κ3) is 3.92. The van der Waals surface area contributed by atoms with E-state index in [4.69, 9.17) is 4.52 Å². The van der Waals surface area contributed by atoms with Crippen LogP contribution in [0.4, 0.5) is 0 Å². The van der Waals surface area contributed by atoms with Gasteiger partial charge < -0.3 is 14.9 Å². The number of carbonyl (C=O) groups is 1. The first-order valence-electron chi connectivity index (χ1n) is 9.79. The molecule has 1 fully saturated rings. The SMILES string of the molecule is CC(C)Cc1cc(C(=O)NC(c2cnc3ccccc3c2)C2CC(O)C2)on1. The predicted octanol–water partition coefficient (Wildman–Crippen LogP) is 3.66. The van der Waals surface area contributed by atoms with E-state index in [2.05, 4.69) is 35.4 Å². The Kier molecular flexibility index (Phi) is 5.13. The number of carbonyl (C=O) groups excluding carboxylic acids is 1. The van der Waals surface area contributed by atoms with Gasteiger partial charge in [0.25, 0.3) is 5.91 Å². The van der Waals surface area contributed by atoms with Gasteiger partial charge in [-0.15, -0.1) is 0 Å². The summed E-state index contributed by atoms with van der Waals surface area (Å²) in [5.74, 6) is 0.533. The molecule has 1 aromatic carbocycles. The zero-order valence-electron chi connectivity index (χ0n) is 16.1. The molecule has 2 N–H and O–H groups in total. The molecule has 4 rings (SSSR count). The maximum atomic E-state index is 12.8. The Hall–Kier alpha value is -2.73. The van der Waals surface area contributed by atoms with Gasteiger partial charge in [-0.25, -0.2) is 0 Å². The average Bonchev–Trinajstić information content (AvgIpc) is 3.11. The highest BCUT2D eigenvalue weighted by Gasteiger charge is 2.36. The van der Waals surface area contributed by atoms with E-state index in [9.17, 15) is 9.90 Å². The van der Waals surface area contributed by atoms with Crippen LogP contribution in [-0.2, 0) is 6.42 Å². The van der Waals surface area contributed by atoms with Crippen LogP contribution in [0, 0.1) is 11.8 Å². The minimum Gasteiger partial charge on any atom is -0.393 e. The minimum absolute atomic E-state index is 0.167. The predicted molar refractivity (Wildman–Crippen MR) is 106 cm³/mol. The number of para-hydroxylation sites is 1. The number of fused-ring (bicyclic) bond motifs is 1. The zero-order valence-corrected chi connectivity index (χ0v) is 16.1. The first kappa shape index (κ1) is 18.6. The third-order valence-electron chi connectivity index (χ3n) is 5.28. The molecule has 3 aromatic rings. The van der Waals surface area contributed by atoms with E-state index in [1.165, 1.54) is 0 Å². The molecule has 28 heavy (non-hydrogen) atoms. The zero-order chi connectivity index (χ0) is 19.7. The second-order valence-corrected chi connectivity index (χ2v) is 8.08. The van der Waals surface area contributed by atoms with Crippen molar-refractivity contribution < 1.29 is 14.4 Å². The van der Waals surface area contributed by atoms with E-state index in [1.54, 1.807) is 6.07 Å². The molecule has 0 spiro atoms. The Labute approximate surface area is 164 Å². The first-order chi connectivity index (χ1) is 13.5. The lowest BCUT2D eigenvalue weighted by atomic mass is 9.75. The van der Waals surface area contributed by atoms with Gasteiger partial charge in [0, 0.05) is 17.6 Å². The summed E-state index contributed by atoms with van der Waals surface area (Å²) < 4.78 is 5.26. The Balaban J connectivity index is 1.57. The number of hydrogen-bond acceptors (Lipinski definition) is 5. The number of aliphatic hydroxyl groups excluding tert-OH is 1. The van der Waals surface area contributed by atoms with Gasteiger partial charge in [0.1, 0.15) is 0 Å². The van der Waals surface area contributed by atoms with Crippen molar-refractivity contribution >= 4 is 16.8 Å². The quantitative estimate of drug-likeness (QED) is 0.682. The molecule has 1 aliphatic carbocycles. The number of pyridine rings is 1. The minimum atomic E-state index is -0.305. The van der Waals surface area contributed by atoms with E-state index >= 15 is 0 Å². The number of nitrogens with zero attached hydrogens (tertiary/aromatic N) is 2. The highest BCUT2D eigenvalue weighted by Crippen LogP contribution is 2.38. The van der Waals surface area contributed by atoms with Crippen LogP contribution in [0.2, 0.25) is 0 Å². The van der Waals surface area contributed by atoms with Gasteiger partial charge in [0.2, 0.25) is 5.76 Å². The molecule has 1 amide bonds. The number of rotatable bonds is 6. The molecule has 1 unspecified atom stereocenters. The van der Waals surface area contributed by atoms with Gasteiger partial charge in [-0.1, -0.05) is 37.2 Å². The lowest BCUT2D eigenvalue weighted by molar-refractivity contribution is 0.0231. The number of aliphatic hydroxyl groups is 1. The van der Waals surface area contributed by atoms with Crippen molar-refractivity contribution in [3.8, 4) is 0 Å². The summed E-state index contributed by atoms with van der Waals surface area (Å²) in [5, 5.41) is 17.9. The molecule has 0 aliphatic heterocycles. The van der Waals surface area contributed by atoms with Crippen molar-refractivity contribution in [1.82, 2.24) is 15.5 Å². The fourth-order valence-corrected chi connectivity index (χ4v) is 3.78. The second kappa shape index (κ2) is 7.72. The summed E-state index contributed by atoms with van der Waals surface area (Å²) >= 11 is 0. The summed E-state index contributed by atoms with van der Waals surface area (Å²) in [4.78, 5) is 17.3. The van der Waals surface area contributed by atoms with Gasteiger partial charge in [0.05, 0.1) is 23.4 Å². The Morgan fingerprint density at radius 3 is 2.82 bits per heavy atom. The molecule has 146 valence electrons. The normalized spacial score (nSPS) is 20.1. The number of amides is 1. The number of hydrogen-bond donors (Lipinski definition) is 2. The van der Waals surface area contributed by atoms with Crippen molar-refractivity contribution in [3.05, 3.63) is 59.6 Å². The molecule has 1 aliphatic rings. The van der Waals surface area contributed by atoms with Gasteiger partial charge >= 0.3 is 0 Å². The molecule has 1 saturated carbocycles. The van der Waals surface area contributed by atoms with E-state index in [0.717, 1.165) is 28.6 Å². The average molecular weight is 379 g/mol. The molecule has 2 heterocycles. The van der Waals surface area contributed by atoms with E-state index in [1.807, 2.05) is 30.5 Å². The molecule has 0 bridgehead atoms. The van der Waals surface area contributed by atoms with Crippen LogP contribution >= 0.6 is 0 Å². The lowest BCUT2D eigenvalue weighted by Crippen LogP contribution is -2.41. The molecule has 1 atom stereocenters. The standard InChI is InChI=1S/C22H25N3O3/c1-13(2)7-17-11-20(28-25-17)22(27)24-21(15-9-18(26)10-15)16-8-14-5-3-4-6-19(14)23-12-16/h3-6,8,11-13,15,18,21,26H,7,9-10H2,1-2H3,(H,24,27). The van der Waals surface area contributed by atoms with Gasteiger partial charge in [0.15, 0.2) is 0 Å². The maximum absolute atomic E-state index is 12.8. The van der Waals surface area contributed by atoms with Gasteiger partial charge in [-0.2, -0.15) is 0 Å². The van der Waals surface area contributed by atoms with Gasteiger partial charge in [-0.3, -0.25) is 9.78 Å². The first-order valence-corrected chi connectivity index (χ1v) is 9.79. The van der Waals surface area contributed by atoms with E-state index in [-0.39, 0.29) is 29.7 Å². The van der Waals surface area contributed by atoms with Crippen LogP contribution < -0.4 is 5.32 Å². The highest BCUT2D eigenvalue weighted by atomic mass is 16.5. The van der Waals surface area contributed by atoms with Crippen LogP contribution in [0.25, 0.3) is 10.9 Å². The third-order valence-corrected chi connectivity index (χ3v) is 5.28. The van der Waals surface area contributed by atoms with Crippen LogP contribution in [0.1, 0.15) is 54.5 Å². The van der Waals surface area contributed by atoms with Crippen molar-refractivity contribution in [2.75, 3.05) is 0 Å². The van der Waals surface area contributed by atoms with E-state index in [0.29, 0.717) is 18.8 Å². The molecule has 6 heteroatoms. The summed E-state index contributed by atoms with van der Waals surface area (Å²) in [6.07, 6.45) is 3.59. The van der Waals surface area contributed by atoms with Crippen molar-refractivity contribution in [1.29, 1.82) is 0 Å². The fraction of sp³-hybridized carbons (Fsp3) is 0.409. The van der Waals surface area contributed by atoms with Crippen molar-refractivity contribution in [2.24, 2.45) is 11.8 Å². The summed E-state index contributed by atoms with van der Waals surface area (Å²) in [6, 6.07) is 11.4. The molecule has 6 nitrogen and oxygen atoms in total. The fourth-order valence-electron chi connectivity index (χ4n) is 3.78. The maximum Gasteiger partial charge on any atom is 0.290 e. The van der Waals surface area contributed by atoms with Crippen molar-refractivity contribution in [3.63, 3.8) is 0 Å². The Morgan fingerprint density at radius 1 is 1.29 bits per heavy atom. The number of aromatic nitrogens is 2. The summed E-state index contributed by atoms with van der Waals surface area (Å²) in [7, 11) is 0. The highest BCUT2D eigenvalue weighted by molar-refractivity contribution is 5.91. The van der Waals surface area contributed by atoms with Gasteiger partial charge in [-0.05, 0) is 48.8 Å². The van der Waals surface area contributed by atoms with Crippen LogP contribution in [-0.4, -0.2) is 27.3 Å². The summed E-state index contributed by atoms with van der Waals surface area (Å²) in [5.41, 5.74) is 2.63. The Morgan fingerprint density at radius 2 is 2.07 bits per heavy atom. The summed E-state index contributed by atoms with van der Waals surface area (Å²) in [6.45, 7) is 4.19. The smallest absolute Gasteiger partial charge is 0.290 e. The van der Waals surface area contributed by atoms with Crippen LogP contribution in [0.3, 0.4) is 0 Å². The number of nitrogens with one attached hydrogen (secondary N) is 1. The topological polar surface area (TPSA) is 88.2 Å². The second-order valence-electron chi connectivity index (χ2n) is 8.08. The van der Waals surface area contributed by atoms with Crippen LogP contribution in [0.15, 0.2) is 47.1 Å². The van der Waals surface area contributed by atoms with Crippen LogP contribution in [0.5, 0.6) is 0 Å². The van der Waals surface area contributed by atoms with E-state index < -0.39 is 0 Å².